The molecule has 0 spiro atoms. The zero-order chi connectivity index (χ0) is 24.3. The molecule has 0 bridgehead atoms. The van der Waals surface area contributed by atoms with Crippen LogP contribution in [0.2, 0.25) is 5.02 Å². The summed E-state index contributed by atoms with van der Waals surface area (Å²) in [6.07, 6.45) is 1.06. The SMILES string of the molecule is Cc1cc(C)c(N(CC(=O)Nc2ccc(Cl)cc2C(=O)c2ccccc2)S(C)(=O)=O)c(C)c1. The fourth-order valence-corrected chi connectivity index (χ4v) is 4.95. The van der Waals surface area contributed by atoms with Gasteiger partial charge < -0.3 is 5.32 Å². The minimum Gasteiger partial charge on any atom is -0.324 e. The van der Waals surface area contributed by atoms with Crippen LogP contribution >= 0.6 is 11.6 Å². The first-order valence-corrected chi connectivity index (χ1v) is 12.4. The van der Waals surface area contributed by atoms with E-state index in [-0.39, 0.29) is 17.0 Å². The second-order valence-electron chi connectivity index (χ2n) is 7.95. The monoisotopic (exact) mass is 484 g/mol. The van der Waals surface area contributed by atoms with Crippen molar-refractivity contribution in [3.05, 3.63) is 93.5 Å². The van der Waals surface area contributed by atoms with E-state index in [0.29, 0.717) is 16.3 Å². The molecule has 33 heavy (non-hydrogen) atoms. The number of nitrogens with one attached hydrogen (secondary N) is 1. The standard InChI is InChI=1S/C25H25ClN2O4S/c1-16-12-17(2)24(18(3)13-16)28(33(4,31)32)15-23(29)27-22-11-10-20(26)14-21(22)25(30)19-8-6-5-7-9-19/h5-14H,15H2,1-4H3,(H,27,29). The summed E-state index contributed by atoms with van der Waals surface area (Å²) in [5.41, 5.74) is 3.87. The van der Waals surface area contributed by atoms with Crippen LogP contribution in [0.25, 0.3) is 0 Å². The van der Waals surface area contributed by atoms with Crippen molar-refractivity contribution < 1.29 is 18.0 Å². The molecule has 172 valence electrons. The van der Waals surface area contributed by atoms with Gasteiger partial charge in [0.05, 0.1) is 17.6 Å². The number of benzene rings is 3. The zero-order valence-electron chi connectivity index (χ0n) is 18.8. The van der Waals surface area contributed by atoms with Crippen LogP contribution in [0.5, 0.6) is 0 Å². The molecule has 0 aliphatic carbocycles. The number of amides is 1. The summed E-state index contributed by atoms with van der Waals surface area (Å²) in [5.74, 6) is -0.886. The number of hydrogen-bond acceptors (Lipinski definition) is 4. The highest BCUT2D eigenvalue weighted by Crippen LogP contribution is 2.29. The second kappa shape index (κ2) is 9.77. The van der Waals surface area contributed by atoms with Gasteiger partial charge in [0.25, 0.3) is 0 Å². The molecule has 3 aromatic rings. The molecule has 1 N–H and O–H groups in total. The molecule has 3 rings (SSSR count). The molecule has 1 amide bonds. The Morgan fingerprint density at radius 3 is 2.12 bits per heavy atom. The molecule has 0 atom stereocenters. The van der Waals surface area contributed by atoms with Gasteiger partial charge in [-0.1, -0.05) is 59.6 Å². The van der Waals surface area contributed by atoms with Crippen molar-refractivity contribution >= 4 is 44.7 Å². The van der Waals surface area contributed by atoms with Gasteiger partial charge in [0.1, 0.15) is 6.54 Å². The van der Waals surface area contributed by atoms with E-state index in [4.69, 9.17) is 11.6 Å². The summed E-state index contributed by atoms with van der Waals surface area (Å²) in [4.78, 5) is 26.0. The number of carbonyl (C=O) groups excluding carboxylic acids is 2. The van der Waals surface area contributed by atoms with Crippen LogP contribution in [-0.2, 0) is 14.8 Å². The first-order valence-electron chi connectivity index (χ1n) is 10.2. The van der Waals surface area contributed by atoms with Crippen LogP contribution in [0, 0.1) is 20.8 Å². The second-order valence-corrected chi connectivity index (χ2v) is 10.3. The Bertz CT molecular complexity index is 1300. The lowest BCUT2D eigenvalue weighted by Crippen LogP contribution is -2.38. The number of aryl methyl sites for hydroxylation is 3. The summed E-state index contributed by atoms with van der Waals surface area (Å²) in [7, 11) is -3.75. The lowest BCUT2D eigenvalue weighted by molar-refractivity contribution is -0.114. The molecular weight excluding hydrogens is 460 g/mol. The predicted molar refractivity (Wildman–Crippen MR) is 133 cm³/mol. The molecular formula is C25H25ClN2O4S. The van der Waals surface area contributed by atoms with E-state index in [9.17, 15) is 18.0 Å². The van der Waals surface area contributed by atoms with Gasteiger partial charge in [0.15, 0.2) is 5.78 Å². The highest BCUT2D eigenvalue weighted by Gasteiger charge is 2.25. The third-order valence-electron chi connectivity index (χ3n) is 5.11. The van der Waals surface area contributed by atoms with Gasteiger partial charge in [0, 0.05) is 16.1 Å². The van der Waals surface area contributed by atoms with E-state index in [2.05, 4.69) is 5.32 Å². The van der Waals surface area contributed by atoms with E-state index in [0.717, 1.165) is 27.3 Å². The highest BCUT2D eigenvalue weighted by molar-refractivity contribution is 7.92. The first kappa shape index (κ1) is 24.5. The van der Waals surface area contributed by atoms with Gasteiger partial charge >= 0.3 is 0 Å². The van der Waals surface area contributed by atoms with Crippen LogP contribution in [0.3, 0.4) is 0 Å². The van der Waals surface area contributed by atoms with Gasteiger partial charge in [-0.05, 0) is 50.1 Å². The van der Waals surface area contributed by atoms with E-state index >= 15 is 0 Å². The Morgan fingerprint density at radius 1 is 0.939 bits per heavy atom. The van der Waals surface area contributed by atoms with Crippen LogP contribution in [0.15, 0.2) is 60.7 Å². The third kappa shape index (κ3) is 5.80. The molecule has 0 radical (unpaired) electrons. The van der Waals surface area contributed by atoms with Crippen LogP contribution in [0.4, 0.5) is 11.4 Å². The molecule has 3 aromatic carbocycles. The Kier molecular flexibility index (Phi) is 7.25. The maximum absolute atomic E-state index is 13.0. The number of carbonyl (C=O) groups is 2. The van der Waals surface area contributed by atoms with Crippen LogP contribution < -0.4 is 9.62 Å². The van der Waals surface area contributed by atoms with Crippen molar-refractivity contribution in [3.63, 3.8) is 0 Å². The Labute approximate surface area is 199 Å². The van der Waals surface area contributed by atoms with Gasteiger partial charge in [0.2, 0.25) is 15.9 Å². The topological polar surface area (TPSA) is 83.6 Å². The maximum atomic E-state index is 13.0. The normalized spacial score (nSPS) is 11.2. The maximum Gasteiger partial charge on any atom is 0.245 e. The molecule has 0 aliphatic heterocycles. The average molecular weight is 485 g/mol. The van der Waals surface area contributed by atoms with Gasteiger partial charge in [-0.15, -0.1) is 0 Å². The molecule has 0 aliphatic rings. The fraction of sp³-hybridized carbons (Fsp3) is 0.200. The number of sulfonamides is 1. The third-order valence-corrected chi connectivity index (χ3v) is 6.46. The predicted octanol–water partition coefficient (Wildman–Crippen LogP) is 4.90. The average Bonchev–Trinajstić information content (AvgIpc) is 2.73. The zero-order valence-corrected chi connectivity index (χ0v) is 20.4. The van der Waals surface area contributed by atoms with Crippen molar-refractivity contribution in [3.8, 4) is 0 Å². The molecule has 0 heterocycles. The number of halogens is 1. The van der Waals surface area contributed by atoms with Crippen molar-refractivity contribution in [2.24, 2.45) is 0 Å². The minimum atomic E-state index is -3.75. The largest absolute Gasteiger partial charge is 0.324 e. The highest BCUT2D eigenvalue weighted by atomic mass is 35.5. The first-order chi connectivity index (χ1) is 15.5. The number of anilines is 2. The quantitative estimate of drug-likeness (QED) is 0.483. The summed E-state index contributed by atoms with van der Waals surface area (Å²) >= 11 is 6.10. The van der Waals surface area contributed by atoms with Crippen LogP contribution in [0.1, 0.15) is 32.6 Å². The van der Waals surface area contributed by atoms with E-state index in [1.165, 1.54) is 12.1 Å². The lowest BCUT2D eigenvalue weighted by atomic mass is 10.0. The number of rotatable bonds is 7. The Balaban J connectivity index is 1.93. The van der Waals surface area contributed by atoms with E-state index in [1.807, 2.05) is 19.1 Å². The summed E-state index contributed by atoms with van der Waals surface area (Å²) in [6.45, 7) is 5.10. The minimum absolute atomic E-state index is 0.218. The molecule has 0 unspecified atom stereocenters. The molecule has 0 aromatic heterocycles. The van der Waals surface area contributed by atoms with E-state index < -0.39 is 22.5 Å². The van der Waals surface area contributed by atoms with Crippen molar-refractivity contribution in [1.82, 2.24) is 0 Å². The number of hydrogen-bond donors (Lipinski definition) is 1. The molecule has 0 fully saturated rings. The Morgan fingerprint density at radius 2 is 1.55 bits per heavy atom. The van der Waals surface area contributed by atoms with Gasteiger partial charge in [-0.2, -0.15) is 0 Å². The molecule has 8 heteroatoms. The van der Waals surface area contributed by atoms with E-state index in [1.54, 1.807) is 50.2 Å². The Hall–Kier alpha value is -3.16. The number of ketones is 1. The summed E-state index contributed by atoms with van der Waals surface area (Å²) in [5, 5.41) is 3.03. The lowest BCUT2D eigenvalue weighted by Gasteiger charge is -2.26. The van der Waals surface area contributed by atoms with Crippen molar-refractivity contribution in [2.75, 3.05) is 22.4 Å². The van der Waals surface area contributed by atoms with Crippen molar-refractivity contribution in [2.45, 2.75) is 20.8 Å². The van der Waals surface area contributed by atoms with Crippen molar-refractivity contribution in [1.29, 1.82) is 0 Å². The van der Waals surface area contributed by atoms with Gasteiger partial charge in [-0.25, -0.2) is 8.42 Å². The molecule has 6 nitrogen and oxygen atoms in total. The number of nitrogens with zero attached hydrogens (tertiary/aromatic N) is 1. The van der Waals surface area contributed by atoms with Gasteiger partial charge in [-0.3, -0.25) is 13.9 Å². The summed E-state index contributed by atoms with van der Waals surface area (Å²) < 4.78 is 26.3. The summed E-state index contributed by atoms with van der Waals surface area (Å²) in [6, 6.07) is 16.9. The van der Waals surface area contributed by atoms with Crippen LogP contribution in [-0.4, -0.2) is 32.9 Å². The molecule has 0 saturated carbocycles. The molecule has 0 saturated heterocycles. The fourth-order valence-electron chi connectivity index (χ4n) is 3.81. The smallest absolute Gasteiger partial charge is 0.245 e.